The summed E-state index contributed by atoms with van der Waals surface area (Å²) in [6.45, 7) is 2.55. The zero-order valence-corrected chi connectivity index (χ0v) is 15.5. The van der Waals surface area contributed by atoms with Gasteiger partial charge in [0.05, 0.1) is 11.7 Å². The number of hydrogen-bond acceptors (Lipinski definition) is 6. The first-order chi connectivity index (χ1) is 13.1. The van der Waals surface area contributed by atoms with Crippen molar-refractivity contribution in [3.05, 3.63) is 41.3 Å². The van der Waals surface area contributed by atoms with Gasteiger partial charge in [-0.25, -0.2) is 0 Å². The van der Waals surface area contributed by atoms with Crippen LogP contribution in [0.25, 0.3) is 0 Å². The van der Waals surface area contributed by atoms with Crippen LogP contribution < -0.4 is 15.0 Å². The normalized spacial score (nSPS) is 28.7. The van der Waals surface area contributed by atoms with Crippen LogP contribution >= 0.6 is 0 Å². The van der Waals surface area contributed by atoms with Crippen LogP contribution in [0.3, 0.4) is 0 Å². The average Bonchev–Trinajstić information content (AvgIpc) is 3.35. The Morgan fingerprint density at radius 1 is 1.33 bits per heavy atom. The second-order valence-corrected chi connectivity index (χ2v) is 7.74. The smallest absolute Gasteiger partial charge is 0.274 e. The molecule has 0 bridgehead atoms. The molecule has 3 heterocycles. The second kappa shape index (κ2) is 6.27. The molecule has 0 saturated carbocycles. The minimum atomic E-state index is -0.244. The number of rotatable bonds is 2. The number of nitrogens with one attached hydrogen (secondary N) is 1. The lowest BCUT2D eigenvalue weighted by atomic mass is 9.88. The molecule has 1 N–H and O–H groups in total. The summed E-state index contributed by atoms with van der Waals surface area (Å²) in [5.41, 5.74) is 2.35. The quantitative estimate of drug-likeness (QED) is 0.817. The van der Waals surface area contributed by atoms with Crippen molar-refractivity contribution < 1.29 is 18.8 Å². The standard InChI is InChI=1S/C20H23N3O4/c1-11-7-8-15-12(9-11)17(22-27-15)19(24)21-13-10-25-16-6-4-3-5-14(16)23(2)20-18(13)26-20/h3-6,11,13,18,20H,7-10H2,1-2H3,(H,21,24)/t11?,13-,18?,20?/m0/s1. The number of benzene rings is 1. The number of para-hydroxylation sites is 2. The van der Waals surface area contributed by atoms with Crippen LogP contribution in [0.5, 0.6) is 5.75 Å². The van der Waals surface area contributed by atoms with E-state index in [4.69, 9.17) is 14.0 Å². The maximum absolute atomic E-state index is 12.9. The highest BCUT2D eigenvalue weighted by molar-refractivity contribution is 5.94. The molecule has 3 aliphatic rings. The van der Waals surface area contributed by atoms with Crippen LogP contribution in [0, 0.1) is 5.92 Å². The highest BCUT2D eigenvalue weighted by Gasteiger charge is 2.50. The molecule has 3 unspecified atom stereocenters. The molecule has 0 spiro atoms. The number of hydrogen-bond donors (Lipinski definition) is 1. The topological polar surface area (TPSA) is 80.1 Å². The molecule has 1 aliphatic carbocycles. The molecule has 7 heteroatoms. The molecule has 1 aromatic carbocycles. The van der Waals surface area contributed by atoms with Crippen LogP contribution in [0.1, 0.15) is 35.2 Å². The number of nitrogens with zero attached hydrogens (tertiary/aromatic N) is 2. The number of ether oxygens (including phenoxy) is 2. The van der Waals surface area contributed by atoms with Crippen molar-refractivity contribution in [2.24, 2.45) is 5.92 Å². The summed E-state index contributed by atoms with van der Waals surface area (Å²) in [5.74, 6) is 1.96. The van der Waals surface area contributed by atoms with Crippen LogP contribution in [-0.4, -0.2) is 43.1 Å². The number of fused-ring (bicyclic) bond motifs is 3. The Hall–Kier alpha value is -2.54. The molecule has 1 aromatic heterocycles. The molecule has 1 saturated heterocycles. The third kappa shape index (κ3) is 2.86. The van der Waals surface area contributed by atoms with Crippen molar-refractivity contribution in [3.63, 3.8) is 0 Å². The summed E-state index contributed by atoms with van der Waals surface area (Å²) < 4.78 is 17.2. The van der Waals surface area contributed by atoms with Gasteiger partial charge >= 0.3 is 0 Å². The molecule has 1 amide bonds. The van der Waals surface area contributed by atoms with Gasteiger partial charge in [0.15, 0.2) is 11.9 Å². The summed E-state index contributed by atoms with van der Waals surface area (Å²) in [7, 11) is 1.98. The lowest BCUT2D eigenvalue weighted by molar-refractivity contribution is 0.0899. The molecule has 1 fully saturated rings. The second-order valence-electron chi connectivity index (χ2n) is 7.74. The number of epoxide rings is 1. The summed E-state index contributed by atoms with van der Waals surface area (Å²) in [6, 6.07) is 7.62. The minimum absolute atomic E-state index is 0.0633. The first kappa shape index (κ1) is 16.6. The van der Waals surface area contributed by atoms with Gasteiger partial charge in [-0.3, -0.25) is 4.79 Å². The summed E-state index contributed by atoms with van der Waals surface area (Å²) in [6.07, 6.45) is 2.59. The fourth-order valence-electron chi connectivity index (χ4n) is 4.12. The predicted molar refractivity (Wildman–Crippen MR) is 97.9 cm³/mol. The highest BCUT2D eigenvalue weighted by atomic mass is 16.6. The molecule has 4 atom stereocenters. The fourth-order valence-corrected chi connectivity index (χ4v) is 4.12. The number of aryl methyl sites for hydroxylation is 1. The number of aromatic nitrogens is 1. The Morgan fingerprint density at radius 2 is 2.19 bits per heavy atom. The molecular formula is C20H23N3O4. The van der Waals surface area contributed by atoms with Crippen LogP contribution in [0.2, 0.25) is 0 Å². The van der Waals surface area contributed by atoms with Crippen LogP contribution in [0.15, 0.2) is 28.8 Å². The van der Waals surface area contributed by atoms with Gasteiger partial charge < -0.3 is 24.2 Å². The van der Waals surface area contributed by atoms with E-state index in [0.29, 0.717) is 18.2 Å². The lowest BCUT2D eigenvalue weighted by Crippen LogP contribution is -2.46. The molecule has 7 nitrogen and oxygen atoms in total. The molecule has 2 aromatic rings. The van der Waals surface area contributed by atoms with Crippen molar-refractivity contribution in [2.45, 2.75) is 44.6 Å². The van der Waals surface area contributed by atoms with Gasteiger partial charge in [-0.15, -0.1) is 0 Å². The van der Waals surface area contributed by atoms with Gasteiger partial charge in [-0.05, 0) is 30.9 Å². The van der Waals surface area contributed by atoms with Crippen LogP contribution in [0.4, 0.5) is 5.69 Å². The SMILES string of the molecule is CC1CCc2onc(C(=O)N[C@H]3COc4ccccc4N(C)C4OC43)c2C1. The fraction of sp³-hybridized carbons (Fsp3) is 0.500. The number of anilines is 1. The van der Waals surface area contributed by atoms with Crippen molar-refractivity contribution >= 4 is 11.6 Å². The van der Waals surface area contributed by atoms with Crippen molar-refractivity contribution in [1.29, 1.82) is 0 Å². The van der Waals surface area contributed by atoms with Crippen LogP contribution in [-0.2, 0) is 17.6 Å². The van der Waals surface area contributed by atoms with Crippen molar-refractivity contribution in [2.75, 3.05) is 18.6 Å². The van der Waals surface area contributed by atoms with E-state index >= 15 is 0 Å². The third-order valence-corrected chi connectivity index (χ3v) is 5.76. The van der Waals surface area contributed by atoms with Crippen molar-refractivity contribution in [1.82, 2.24) is 10.5 Å². The van der Waals surface area contributed by atoms with E-state index in [1.807, 2.05) is 31.3 Å². The molecule has 0 radical (unpaired) electrons. The molecule has 2 aliphatic heterocycles. The monoisotopic (exact) mass is 369 g/mol. The average molecular weight is 369 g/mol. The summed E-state index contributed by atoms with van der Waals surface area (Å²) >= 11 is 0. The lowest BCUT2D eigenvalue weighted by Gasteiger charge is -2.26. The predicted octanol–water partition coefficient (Wildman–Crippen LogP) is 2.15. The minimum Gasteiger partial charge on any atom is -0.489 e. The molecular weight excluding hydrogens is 346 g/mol. The van der Waals surface area contributed by atoms with E-state index in [2.05, 4.69) is 22.3 Å². The zero-order valence-electron chi connectivity index (χ0n) is 15.5. The first-order valence-corrected chi connectivity index (χ1v) is 9.50. The van der Waals surface area contributed by atoms with Gasteiger partial charge in [0.25, 0.3) is 5.91 Å². The Bertz CT molecular complexity index is 880. The Morgan fingerprint density at radius 3 is 3.07 bits per heavy atom. The Balaban J connectivity index is 1.35. The van der Waals surface area contributed by atoms with E-state index in [1.54, 1.807) is 0 Å². The number of carbonyl (C=O) groups excluding carboxylic acids is 1. The van der Waals surface area contributed by atoms with Gasteiger partial charge in [-0.1, -0.05) is 24.2 Å². The van der Waals surface area contributed by atoms with E-state index in [1.165, 1.54) is 0 Å². The maximum atomic E-state index is 12.9. The van der Waals surface area contributed by atoms with E-state index in [-0.39, 0.29) is 24.3 Å². The Kier molecular flexibility index (Phi) is 3.86. The van der Waals surface area contributed by atoms with Gasteiger partial charge in [0.2, 0.25) is 0 Å². The number of amides is 1. The highest BCUT2D eigenvalue weighted by Crippen LogP contribution is 2.39. The maximum Gasteiger partial charge on any atom is 0.274 e. The molecule has 5 rings (SSSR count). The van der Waals surface area contributed by atoms with Gasteiger partial charge in [-0.2, -0.15) is 0 Å². The first-order valence-electron chi connectivity index (χ1n) is 9.50. The van der Waals surface area contributed by atoms with Crippen molar-refractivity contribution in [3.8, 4) is 5.75 Å². The zero-order chi connectivity index (χ0) is 18.5. The van der Waals surface area contributed by atoms with E-state index in [0.717, 1.165) is 42.0 Å². The van der Waals surface area contributed by atoms with E-state index < -0.39 is 0 Å². The Labute approximate surface area is 157 Å². The molecule has 27 heavy (non-hydrogen) atoms. The third-order valence-electron chi connectivity index (χ3n) is 5.76. The number of likely N-dealkylation sites (N-methyl/N-ethyl adjacent to an activating group) is 1. The number of carbonyl (C=O) groups is 1. The van der Waals surface area contributed by atoms with Gasteiger partial charge in [0, 0.05) is 19.0 Å². The summed E-state index contributed by atoms with van der Waals surface area (Å²) in [4.78, 5) is 14.9. The molecule has 142 valence electrons. The van der Waals surface area contributed by atoms with Gasteiger partial charge in [0.1, 0.15) is 24.2 Å². The largest absolute Gasteiger partial charge is 0.489 e. The summed E-state index contributed by atoms with van der Waals surface area (Å²) in [5, 5.41) is 7.11. The van der Waals surface area contributed by atoms with E-state index in [9.17, 15) is 4.79 Å².